The summed E-state index contributed by atoms with van der Waals surface area (Å²) >= 11 is 5.86. The van der Waals surface area contributed by atoms with Crippen LogP contribution in [0, 0.1) is 0 Å². The van der Waals surface area contributed by atoms with Crippen LogP contribution in [0.2, 0.25) is 5.02 Å². The van der Waals surface area contributed by atoms with Gasteiger partial charge in [0, 0.05) is 38.0 Å². The maximum absolute atomic E-state index is 12.0. The Morgan fingerprint density at radius 2 is 2.00 bits per heavy atom. The minimum Gasteiger partial charge on any atom is -0.385 e. The number of halogens is 1. The third-order valence-corrected chi connectivity index (χ3v) is 3.56. The molecule has 2 aromatic rings. The molecule has 1 heterocycles. The van der Waals surface area contributed by atoms with E-state index in [-0.39, 0.29) is 5.91 Å². The molecule has 0 atom stereocenters. The first-order chi connectivity index (χ1) is 11.7. The lowest BCUT2D eigenvalue weighted by Crippen LogP contribution is -2.26. The van der Waals surface area contributed by atoms with Crippen LogP contribution in [0.1, 0.15) is 22.5 Å². The summed E-state index contributed by atoms with van der Waals surface area (Å²) in [5, 5.41) is 6.64. The van der Waals surface area contributed by atoms with Crippen LogP contribution in [-0.4, -0.2) is 42.7 Å². The van der Waals surface area contributed by atoms with Gasteiger partial charge in [-0.2, -0.15) is 0 Å². The van der Waals surface area contributed by atoms with Crippen LogP contribution in [0.15, 0.2) is 36.5 Å². The average molecular weight is 349 g/mol. The van der Waals surface area contributed by atoms with Crippen molar-refractivity contribution in [2.75, 3.05) is 32.1 Å². The van der Waals surface area contributed by atoms with Crippen LogP contribution < -0.4 is 10.6 Å². The first-order valence-corrected chi connectivity index (χ1v) is 8.15. The van der Waals surface area contributed by atoms with Gasteiger partial charge in [-0.15, -0.1) is 0 Å². The molecule has 2 rings (SSSR count). The molecule has 2 N–H and O–H groups in total. The number of amides is 1. The van der Waals surface area contributed by atoms with E-state index in [0.29, 0.717) is 31.3 Å². The highest BCUT2D eigenvalue weighted by Crippen LogP contribution is 2.10. The van der Waals surface area contributed by atoms with E-state index in [0.717, 1.165) is 17.9 Å². The number of carbonyl (C=O) groups excluding carboxylic acids is 1. The second-order valence-corrected chi connectivity index (χ2v) is 5.61. The van der Waals surface area contributed by atoms with Gasteiger partial charge in [-0.05, 0) is 36.6 Å². The normalized spacial score (nSPS) is 10.4. The number of nitrogens with one attached hydrogen (secondary N) is 2. The number of aromatic nitrogens is 2. The minimum absolute atomic E-state index is 0.214. The Labute approximate surface area is 146 Å². The van der Waals surface area contributed by atoms with Gasteiger partial charge in [-0.3, -0.25) is 4.79 Å². The molecule has 7 heteroatoms. The zero-order valence-electron chi connectivity index (χ0n) is 13.6. The fourth-order valence-corrected chi connectivity index (χ4v) is 2.18. The molecule has 0 saturated heterocycles. The minimum atomic E-state index is -0.214. The molecule has 0 aliphatic rings. The van der Waals surface area contributed by atoms with Crippen molar-refractivity contribution in [3.63, 3.8) is 0 Å². The van der Waals surface area contributed by atoms with Crippen molar-refractivity contribution in [3.8, 4) is 0 Å². The standard InChI is InChI=1S/C17H21ClN4O2/c1-24-12-2-9-19-16(23)15-8-11-21-17(22-15)20-10-7-13-3-5-14(18)6-4-13/h3-6,8,11H,2,7,9-10,12H2,1H3,(H,19,23)(H,20,21,22). The smallest absolute Gasteiger partial charge is 0.270 e. The molecule has 1 amide bonds. The monoisotopic (exact) mass is 348 g/mol. The molecular formula is C17H21ClN4O2. The molecular weight excluding hydrogens is 328 g/mol. The number of carbonyl (C=O) groups is 1. The number of rotatable bonds is 9. The number of benzene rings is 1. The number of methoxy groups -OCH3 is 1. The molecule has 0 aliphatic carbocycles. The molecule has 1 aromatic carbocycles. The SMILES string of the molecule is COCCCNC(=O)c1ccnc(NCCc2ccc(Cl)cc2)n1. The van der Waals surface area contributed by atoms with Gasteiger partial charge in [-0.1, -0.05) is 23.7 Å². The van der Waals surface area contributed by atoms with Crippen molar-refractivity contribution in [2.24, 2.45) is 0 Å². The van der Waals surface area contributed by atoms with Crippen molar-refractivity contribution in [1.82, 2.24) is 15.3 Å². The summed E-state index contributed by atoms with van der Waals surface area (Å²) in [5.74, 6) is 0.225. The lowest BCUT2D eigenvalue weighted by atomic mass is 10.1. The summed E-state index contributed by atoms with van der Waals surface area (Å²) in [4.78, 5) is 20.4. The first kappa shape index (κ1) is 18.2. The average Bonchev–Trinajstić information content (AvgIpc) is 2.60. The fourth-order valence-electron chi connectivity index (χ4n) is 2.05. The molecule has 0 spiro atoms. The second kappa shape index (κ2) is 9.85. The van der Waals surface area contributed by atoms with E-state index in [4.69, 9.17) is 16.3 Å². The van der Waals surface area contributed by atoms with E-state index in [1.54, 1.807) is 19.4 Å². The predicted molar refractivity (Wildman–Crippen MR) is 94.5 cm³/mol. The third kappa shape index (κ3) is 6.14. The Morgan fingerprint density at radius 3 is 2.75 bits per heavy atom. The quantitative estimate of drug-likeness (QED) is 0.681. The molecule has 24 heavy (non-hydrogen) atoms. The van der Waals surface area contributed by atoms with Crippen molar-refractivity contribution in [3.05, 3.63) is 52.8 Å². The molecule has 0 fully saturated rings. The van der Waals surface area contributed by atoms with Crippen molar-refractivity contribution >= 4 is 23.5 Å². The molecule has 0 saturated carbocycles. The zero-order chi connectivity index (χ0) is 17.2. The Morgan fingerprint density at radius 1 is 1.21 bits per heavy atom. The lowest BCUT2D eigenvalue weighted by molar-refractivity contribution is 0.0943. The molecule has 0 radical (unpaired) electrons. The van der Waals surface area contributed by atoms with Crippen LogP contribution in [-0.2, 0) is 11.2 Å². The highest BCUT2D eigenvalue weighted by atomic mass is 35.5. The number of nitrogens with zero attached hydrogens (tertiary/aromatic N) is 2. The van der Waals surface area contributed by atoms with Gasteiger partial charge in [-0.25, -0.2) is 9.97 Å². The molecule has 0 unspecified atom stereocenters. The highest BCUT2D eigenvalue weighted by Gasteiger charge is 2.08. The van der Waals surface area contributed by atoms with E-state index >= 15 is 0 Å². The van der Waals surface area contributed by atoms with Crippen LogP contribution in [0.3, 0.4) is 0 Å². The van der Waals surface area contributed by atoms with Crippen LogP contribution in [0.4, 0.5) is 5.95 Å². The van der Waals surface area contributed by atoms with Crippen molar-refractivity contribution in [2.45, 2.75) is 12.8 Å². The van der Waals surface area contributed by atoms with Gasteiger partial charge < -0.3 is 15.4 Å². The van der Waals surface area contributed by atoms with Crippen LogP contribution >= 0.6 is 11.6 Å². The number of hydrogen-bond acceptors (Lipinski definition) is 5. The van der Waals surface area contributed by atoms with Crippen LogP contribution in [0.5, 0.6) is 0 Å². The molecule has 0 bridgehead atoms. The van der Waals surface area contributed by atoms with E-state index < -0.39 is 0 Å². The summed E-state index contributed by atoms with van der Waals surface area (Å²) in [7, 11) is 1.63. The largest absolute Gasteiger partial charge is 0.385 e. The second-order valence-electron chi connectivity index (χ2n) is 5.17. The summed E-state index contributed by atoms with van der Waals surface area (Å²) in [6.45, 7) is 1.83. The Balaban J connectivity index is 1.81. The van der Waals surface area contributed by atoms with Gasteiger partial charge in [0.05, 0.1) is 0 Å². The fraction of sp³-hybridized carbons (Fsp3) is 0.353. The summed E-state index contributed by atoms with van der Waals surface area (Å²) in [6, 6.07) is 9.28. The number of hydrogen-bond donors (Lipinski definition) is 2. The summed E-state index contributed by atoms with van der Waals surface area (Å²) in [6.07, 6.45) is 3.15. The molecule has 6 nitrogen and oxygen atoms in total. The molecule has 0 aliphatic heterocycles. The lowest BCUT2D eigenvalue weighted by Gasteiger charge is -2.07. The Hall–Kier alpha value is -2.18. The van der Waals surface area contributed by atoms with E-state index in [9.17, 15) is 4.79 Å². The Bertz CT molecular complexity index is 649. The van der Waals surface area contributed by atoms with Gasteiger partial charge in [0.15, 0.2) is 0 Å². The first-order valence-electron chi connectivity index (χ1n) is 7.77. The van der Waals surface area contributed by atoms with Gasteiger partial charge in [0.25, 0.3) is 5.91 Å². The summed E-state index contributed by atoms with van der Waals surface area (Å²) in [5.41, 5.74) is 1.51. The van der Waals surface area contributed by atoms with Gasteiger partial charge >= 0.3 is 0 Å². The maximum atomic E-state index is 12.0. The van der Waals surface area contributed by atoms with Crippen molar-refractivity contribution in [1.29, 1.82) is 0 Å². The topological polar surface area (TPSA) is 76.1 Å². The molecule has 1 aromatic heterocycles. The van der Waals surface area contributed by atoms with E-state index in [1.807, 2.05) is 24.3 Å². The Kier molecular flexibility index (Phi) is 7.45. The van der Waals surface area contributed by atoms with Gasteiger partial charge in [0.2, 0.25) is 5.95 Å². The van der Waals surface area contributed by atoms with Crippen LogP contribution in [0.25, 0.3) is 0 Å². The predicted octanol–water partition coefficient (Wildman–Crippen LogP) is 2.55. The zero-order valence-corrected chi connectivity index (χ0v) is 14.3. The maximum Gasteiger partial charge on any atom is 0.270 e. The summed E-state index contributed by atoms with van der Waals surface area (Å²) < 4.78 is 4.94. The van der Waals surface area contributed by atoms with Crippen molar-refractivity contribution < 1.29 is 9.53 Å². The molecule has 128 valence electrons. The van der Waals surface area contributed by atoms with E-state index in [1.165, 1.54) is 5.56 Å². The highest BCUT2D eigenvalue weighted by molar-refractivity contribution is 6.30. The third-order valence-electron chi connectivity index (χ3n) is 3.31. The number of ether oxygens (including phenoxy) is 1. The van der Waals surface area contributed by atoms with E-state index in [2.05, 4.69) is 20.6 Å². The van der Waals surface area contributed by atoms with Gasteiger partial charge in [0.1, 0.15) is 5.69 Å². The number of anilines is 1.